The number of hydrogen-bond acceptors (Lipinski definition) is 3. The third-order valence-corrected chi connectivity index (χ3v) is 3.59. The third-order valence-electron chi connectivity index (χ3n) is 3.28. The fraction of sp³-hybridized carbons (Fsp3) is 0.455. The molecule has 2 N–H and O–H groups in total. The van der Waals surface area contributed by atoms with Crippen molar-refractivity contribution in [1.29, 1.82) is 0 Å². The number of nitrogens with zero attached hydrogens (tertiary/aromatic N) is 2. The second kappa shape index (κ2) is 3.85. The maximum absolute atomic E-state index is 11.9. The van der Waals surface area contributed by atoms with Gasteiger partial charge >= 0.3 is 0 Å². The van der Waals surface area contributed by atoms with Crippen molar-refractivity contribution in [2.75, 3.05) is 0 Å². The number of aromatic nitrogens is 3. The van der Waals surface area contributed by atoms with Crippen LogP contribution in [0.25, 0.3) is 5.52 Å². The maximum atomic E-state index is 11.9. The first-order chi connectivity index (χ1) is 8.15. The smallest absolute Gasteiger partial charge is 0.276 e. The van der Waals surface area contributed by atoms with Gasteiger partial charge in [0, 0.05) is 12.1 Å². The Hall–Kier alpha value is -1.33. The standard InChI is InChI=1S/C11H12ClN3O2/c12-8-3-4-15-9(8)11(17)13-10(14-15)6-1-2-7(16)5-6/h3-4,6-7,16H,1-2,5H2,(H,13,14,17)/t6-,7-/m0/s1. The Balaban J connectivity index is 2.10. The van der Waals surface area contributed by atoms with Crippen molar-refractivity contribution in [1.82, 2.24) is 14.6 Å². The summed E-state index contributed by atoms with van der Waals surface area (Å²) in [7, 11) is 0. The number of nitrogens with one attached hydrogen (secondary N) is 1. The van der Waals surface area contributed by atoms with Crippen LogP contribution in [0.15, 0.2) is 17.1 Å². The number of rotatable bonds is 1. The van der Waals surface area contributed by atoms with Crippen molar-refractivity contribution in [3.63, 3.8) is 0 Å². The van der Waals surface area contributed by atoms with Crippen LogP contribution in [0.3, 0.4) is 0 Å². The molecule has 0 spiro atoms. The molecule has 5 nitrogen and oxygen atoms in total. The minimum atomic E-state index is -0.283. The first-order valence-electron chi connectivity index (χ1n) is 5.60. The van der Waals surface area contributed by atoms with Crippen LogP contribution in [0.1, 0.15) is 31.0 Å². The predicted molar refractivity (Wildman–Crippen MR) is 63.4 cm³/mol. The van der Waals surface area contributed by atoms with Crippen LogP contribution >= 0.6 is 11.6 Å². The number of aliphatic hydroxyl groups excluding tert-OH is 1. The number of fused-ring (bicyclic) bond motifs is 1. The zero-order valence-electron chi connectivity index (χ0n) is 9.06. The highest BCUT2D eigenvalue weighted by Crippen LogP contribution is 2.32. The van der Waals surface area contributed by atoms with Crippen molar-refractivity contribution in [3.8, 4) is 0 Å². The van der Waals surface area contributed by atoms with E-state index < -0.39 is 0 Å². The fourth-order valence-corrected chi connectivity index (χ4v) is 2.63. The van der Waals surface area contributed by atoms with E-state index in [1.807, 2.05) is 0 Å². The van der Waals surface area contributed by atoms with Gasteiger partial charge in [-0.05, 0) is 25.3 Å². The lowest BCUT2D eigenvalue weighted by Gasteiger charge is -2.08. The van der Waals surface area contributed by atoms with Crippen LogP contribution in [0.5, 0.6) is 0 Å². The second-order valence-electron chi connectivity index (χ2n) is 4.46. The molecule has 17 heavy (non-hydrogen) atoms. The van der Waals surface area contributed by atoms with Crippen LogP contribution in [0, 0.1) is 0 Å². The summed E-state index contributed by atoms with van der Waals surface area (Å²) in [6, 6.07) is 1.65. The van der Waals surface area contributed by atoms with E-state index in [4.69, 9.17) is 11.6 Å². The summed E-state index contributed by atoms with van der Waals surface area (Å²) in [6.07, 6.45) is 3.66. The Labute approximate surface area is 102 Å². The molecule has 2 heterocycles. The molecule has 0 bridgehead atoms. The van der Waals surface area contributed by atoms with Crippen LogP contribution in [0.4, 0.5) is 0 Å². The van der Waals surface area contributed by atoms with E-state index in [-0.39, 0.29) is 17.6 Å². The van der Waals surface area contributed by atoms with E-state index in [0.29, 0.717) is 22.8 Å². The molecule has 1 aliphatic carbocycles. The minimum Gasteiger partial charge on any atom is -0.393 e. The van der Waals surface area contributed by atoms with Gasteiger partial charge in [0.1, 0.15) is 11.3 Å². The molecule has 0 unspecified atom stereocenters. The summed E-state index contributed by atoms with van der Waals surface area (Å²) in [5.74, 6) is 0.759. The van der Waals surface area contributed by atoms with Crippen LogP contribution in [0.2, 0.25) is 5.02 Å². The predicted octanol–water partition coefficient (Wildman–Crippen LogP) is 1.30. The molecular weight excluding hydrogens is 242 g/mol. The number of hydrogen-bond donors (Lipinski definition) is 2. The molecular formula is C11H12ClN3O2. The fourth-order valence-electron chi connectivity index (χ4n) is 2.40. The molecule has 0 aromatic carbocycles. The molecule has 6 heteroatoms. The van der Waals surface area contributed by atoms with E-state index in [1.54, 1.807) is 12.3 Å². The first kappa shape index (κ1) is 10.8. The average molecular weight is 254 g/mol. The van der Waals surface area contributed by atoms with Gasteiger partial charge in [0.05, 0.1) is 11.1 Å². The second-order valence-corrected chi connectivity index (χ2v) is 4.87. The maximum Gasteiger partial charge on any atom is 0.276 e. The van der Waals surface area contributed by atoms with Crippen molar-refractivity contribution in [3.05, 3.63) is 33.5 Å². The molecule has 0 saturated heterocycles. The minimum absolute atomic E-state index is 0.128. The largest absolute Gasteiger partial charge is 0.393 e. The molecule has 2 atom stereocenters. The van der Waals surface area contributed by atoms with E-state index >= 15 is 0 Å². The third kappa shape index (κ3) is 1.75. The Morgan fingerprint density at radius 1 is 1.53 bits per heavy atom. The molecule has 1 fully saturated rings. The Bertz CT molecular complexity index is 619. The van der Waals surface area contributed by atoms with Crippen molar-refractivity contribution < 1.29 is 5.11 Å². The van der Waals surface area contributed by atoms with Crippen molar-refractivity contribution in [2.24, 2.45) is 0 Å². The molecule has 3 rings (SSSR count). The van der Waals surface area contributed by atoms with Gasteiger partial charge in [-0.1, -0.05) is 11.6 Å². The van der Waals surface area contributed by atoms with Crippen molar-refractivity contribution >= 4 is 17.1 Å². The Morgan fingerprint density at radius 3 is 3.06 bits per heavy atom. The summed E-state index contributed by atoms with van der Waals surface area (Å²) >= 11 is 5.89. The van der Waals surface area contributed by atoms with E-state index in [1.165, 1.54) is 4.52 Å². The Morgan fingerprint density at radius 2 is 2.35 bits per heavy atom. The zero-order valence-corrected chi connectivity index (χ0v) is 9.81. The molecule has 2 aromatic rings. The van der Waals surface area contributed by atoms with Crippen molar-refractivity contribution in [2.45, 2.75) is 31.3 Å². The summed E-state index contributed by atoms with van der Waals surface area (Å²) in [5.41, 5.74) is 0.139. The zero-order chi connectivity index (χ0) is 12.0. The molecule has 0 amide bonds. The molecule has 0 radical (unpaired) electrons. The molecule has 1 saturated carbocycles. The van der Waals surface area contributed by atoms with Crippen LogP contribution in [-0.4, -0.2) is 25.8 Å². The Kier molecular flexibility index (Phi) is 2.45. The number of H-pyrrole nitrogens is 1. The SMILES string of the molecule is O=c1[nH]c([C@H]2CC[C@H](O)C2)nn2ccc(Cl)c12. The van der Waals surface area contributed by atoms with E-state index in [0.717, 1.165) is 12.8 Å². The summed E-state index contributed by atoms with van der Waals surface area (Å²) < 4.78 is 1.50. The molecule has 90 valence electrons. The molecule has 0 aliphatic heterocycles. The monoisotopic (exact) mass is 253 g/mol. The highest BCUT2D eigenvalue weighted by atomic mass is 35.5. The number of halogens is 1. The summed E-state index contributed by atoms with van der Waals surface area (Å²) in [6.45, 7) is 0. The first-order valence-corrected chi connectivity index (χ1v) is 5.98. The van der Waals surface area contributed by atoms with Gasteiger partial charge in [-0.15, -0.1) is 0 Å². The normalized spacial score (nSPS) is 24.6. The van der Waals surface area contributed by atoms with Gasteiger partial charge in [0.25, 0.3) is 5.56 Å². The number of aromatic amines is 1. The quantitative estimate of drug-likeness (QED) is 0.805. The summed E-state index contributed by atoms with van der Waals surface area (Å²) in [5, 5.41) is 14.2. The lowest BCUT2D eigenvalue weighted by atomic mass is 10.1. The van der Waals surface area contributed by atoms with Gasteiger partial charge < -0.3 is 10.1 Å². The topological polar surface area (TPSA) is 70.4 Å². The summed E-state index contributed by atoms with van der Waals surface area (Å²) in [4.78, 5) is 14.6. The average Bonchev–Trinajstić information content (AvgIpc) is 2.86. The lowest BCUT2D eigenvalue weighted by Crippen LogP contribution is -2.17. The molecule has 2 aromatic heterocycles. The molecule has 1 aliphatic rings. The van der Waals surface area contributed by atoms with E-state index in [2.05, 4.69) is 10.1 Å². The van der Waals surface area contributed by atoms with Gasteiger partial charge in [-0.2, -0.15) is 5.10 Å². The van der Waals surface area contributed by atoms with Crippen LogP contribution in [-0.2, 0) is 0 Å². The van der Waals surface area contributed by atoms with Crippen LogP contribution < -0.4 is 5.56 Å². The lowest BCUT2D eigenvalue weighted by molar-refractivity contribution is 0.181. The van der Waals surface area contributed by atoms with E-state index in [9.17, 15) is 9.90 Å². The van der Waals surface area contributed by atoms with Gasteiger partial charge in [0.15, 0.2) is 0 Å². The number of aliphatic hydroxyl groups is 1. The van der Waals surface area contributed by atoms with Gasteiger partial charge in [0.2, 0.25) is 0 Å². The highest BCUT2D eigenvalue weighted by Gasteiger charge is 2.26. The highest BCUT2D eigenvalue weighted by molar-refractivity contribution is 6.33. The van der Waals surface area contributed by atoms with Gasteiger partial charge in [-0.3, -0.25) is 4.79 Å². The van der Waals surface area contributed by atoms with Gasteiger partial charge in [-0.25, -0.2) is 4.52 Å².